The summed E-state index contributed by atoms with van der Waals surface area (Å²) in [6.45, 7) is 2.79. The molecule has 1 heterocycles. The molecule has 0 aromatic rings. The highest BCUT2D eigenvalue weighted by Crippen LogP contribution is 2.22. The van der Waals surface area contributed by atoms with Crippen LogP contribution in [0.25, 0.3) is 0 Å². The highest BCUT2D eigenvalue weighted by molar-refractivity contribution is 5.70. The molecule has 170 valence electrons. The molecule has 6 atom stereocenters. The molecule has 29 heavy (non-hydrogen) atoms. The second kappa shape index (κ2) is 13.8. The van der Waals surface area contributed by atoms with Crippen molar-refractivity contribution in [3.8, 4) is 0 Å². The second-order valence-electron chi connectivity index (χ2n) is 7.03. The van der Waals surface area contributed by atoms with Crippen molar-refractivity contribution in [3.05, 3.63) is 0 Å². The Morgan fingerprint density at radius 2 is 1.55 bits per heavy atom. The number of unbranched alkanes of at least 4 members (excludes halogenated alkanes) is 2. The Morgan fingerprint density at radius 1 is 0.931 bits per heavy atom. The zero-order valence-corrected chi connectivity index (χ0v) is 17.1. The van der Waals surface area contributed by atoms with E-state index in [4.69, 9.17) is 18.9 Å². The fourth-order valence-corrected chi connectivity index (χ4v) is 2.67. The van der Waals surface area contributed by atoms with Crippen LogP contribution in [0.5, 0.6) is 0 Å². The fourth-order valence-electron chi connectivity index (χ4n) is 2.67. The van der Waals surface area contributed by atoms with Crippen LogP contribution in [0.15, 0.2) is 0 Å². The van der Waals surface area contributed by atoms with Gasteiger partial charge in [0.25, 0.3) is 0 Å². The van der Waals surface area contributed by atoms with Gasteiger partial charge in [0.1, 0.15) is 31.0 Å². The van der Waals surface area contributed by atoms with E-state index in [0.29, 0.717) is 12.8 Å². The maximum Gasteiger partial charge on any atom is 0.306 e. The average molecular weight is 422 g/mol. The molecule has 0 bridgehead atoms. The van der Waals surface area contributed by atoms with Crippen LogP contribution in [0.1, 0.15) is 52.4 Å². The van der Waals surface area contributed by atoms with Crippen molar-refractivity contribution in [1.82, 2.24) is 0 Å². The normalized spacial score (nSPS) is 28.0. The van der Waals surface area contributed by atoms with Gasteiger partial charge < -0.3 is 39.4 Å². The summed E-state index contributed by atoms with van der Waals surface area (Å²) < 4.78 is 21.1. The van der Waals surface area contributed by atoms with Crippen LogP contribution in [0.3, 0.4) is 0 Å². The lowest BCUT2D eigenvalue weighted by Gasteiger charge is -2.39. The Kier molecular flexibility index (Phi) is 12.3. The largest absolute Gasteiger partial charge is 0.462 e. The predicted octanol–water partition coefficient (Wildman–Crippen LogP) is -0.362. The van der Waals surface area contributed by atoms with Crippen molar-refractivity contribution in [2.24, 2.45) is 0 Å². The Labute approximate surface area is 170 Å². The molecular formula is C19H34O10. The molecule has 1 aliphatic rings. The molecule has 0 saturated carbocycles. The molecule has 10 heteroatoms. The van der Waals surface area contributed by atoms with Crippen LogP contribution < -0.4 is 0 Å². The van der Waals surface area contributed by atoms with E-state index in [0.717, 1.165) is 12.8 Å². The maximum absolute atomic E-state index is 11.9. The minimum Gasteiger partial charge on any atom is -0.462 e. The molecule has 0 aromatic heterocycles. The Morgan fingerprint density at radius 3 is 2.14 bits per heavy atom. The number of esters is 2. The Hall–Kier alpha value is -1.30. The summed E-state index contributed by atoms with van der Waals surface area (Å²) in [6.07, 6.45) is -4.63. The van der Waals surface area contributed by atoms with Crippen molar-refractivity contribution >= 4 is 11.9 Å². The zero-order valence-electron chi connectivity index (χ0n) is 17.1. The number of carbonyl (C=O) groups excluding carboxylic acids is 2. The van der Waals surface area contributed by atoms with Crippen molar-refractivity contribution < 1.29 is 49.0 Å². The molecule has 1 rings (SSSR count). The molecule has 1 aliphatic heterocycles. The summed E-state index contributed by atoms with van der Waals surface area (Å²) in [6, 6.07) is 0. The molecule has 1 fully saturated rings. The van der Waals surface area contributed by atoms with Crippen LogP contribution in [-0.4, -0.2) is 89.0 Å². The minimum absolute atomic E-state index is 0.205. The van der Waals surface area contributed by atoms with Gasteiger partial charge in [0.2, 0.25) is 0 Å². The van der Waals surface area contributed by atoms with Gasteiger partial charge in [-0.1, -0.05) is 26.7 Å². The lowest BCUT2D eigenvalue weighted by atomic mass is 9.99. The van der Waals surface area contributed by atoms with E-state index in [1.165, 1.54) is 0 Å². The van der Waals surface area contributed by atoms with Crippen LogP contribution in [0.2, 0.25) is 0 Å². The standard InChI is InChI=1S/C19H34O10/c1-3-5-7-14(21)26-10-12(28-15(22)8-6-4-2)11-27-19-18(25)17(24)16(23)13(9-20)29-19/h12-13,16-20,23-25H,3-11H2,1-2H3/t12-,13-,16+,17+,18-,19-/m1/s1. The van der Waals surface area contributed by atoms with E-state index in [2.05, 4.69) is 0 Å². The lowest BCUT2D eigenvalue weighted by molar-refractivity contribution is -0.305. The van der Waals surface area contributed by atoms with E-state index in [1.807, 2.05) is 13.8 Å². The smallest absolute Gasteiger partial charge is 0.306 e. The Bertz CT molecular complexity index is 484. The van der Waals surface area contributed by atoms with E-state index < -0.39 is 55.4 Å². The summed E-state index contributed by atoms with van der Waals surface area (Å²) in [5, 5.41) is 38.8. The summed E-state index contributed by atoms with van der Waals surface area (Å²) in [4.78, 5) is 23.7. The Balaban J connectivity index is 2.64. The van der Waals surface area contributed by atoms with Gasteiger partial charge in [0.15, 0.2) is 12.4 Å². The molecule has 0 aliphatic carbocycles. The maximum atomic E-state index is 11.9. The quantitative estimate of drug-likeness (QED) is 0.289. The monoisotopic (exact) mass is 422 g/mol. The first kappa shape index (κ1) is 25.7. The van der Waals surface area contributed by atoms with Crippen molar-refractivity contribution in [2.45, 2.75) is 89.2 Å². The number of hydrogen-bond acceptors (Lipinski definition) is 10. The van der Waals surface area contributed by atoms with Gasteiger partial charge in [-0.2, -0.15) is 0 Å². The zero-order chi connectivity index (χ0) is 21.8. The molecule has 0 aromatic carbocycles. The summed E-state index contributed by atoms with van der Waals surface area (Å²) in [7, 11) is 0. The number of rotatable bonds is 13. The molecule has 10 nitrogen and oxygen atoms in total. The number of ether oxygens (including phenoxy) is 4. The van der Waals surface area contributed by atoms with Crippen LogP contribution in [0.4, 0.5) is 0 Å². The average Bonchev–Trinajstić information content (AvgIpc) is 2.71. The third-order valence-corrected chi connectivity index (χ3v) is 4.49. The molecule has 4 N–H and O–H groups in total. The van der Waals surface area contributed by atoms with Gasteiger partial charge in [-0.15, -0.1) is 0 Å². The van der Waals surface area contributed by atoms with E-state index in [1.54, 1.807) is 0 Å². The van der Waals surface area contributed by atoms with Crippen molar-refractivity contribution in [1.29, 1.82) is 0 Å². The number of carbonyl (C=O) groups is 2. The number of aliphatic hydroxyl groups excluding tert-OH is 4. The fraction of sp³-hybridized carbons (Fsp3) is 0.895. The van der Waals surface area contributed by atoms with Gasteiger partial charge in [-0.3, -0.25) is 9.59 Å². The van der Waals surface area contributed by atoms with Crippen molar-refractivity contribution in [3.63, 3.8) is 0 Å². The number of aliphatic hydroxyl groups is 4. The van der Waals surface area contributed by atoms with Gasteiger partial charge in [-0.25, -0.2) is 0 Å². The molecule has 0 amide bonds. The molecule has 0 unspecified atom stereocenters. The molecular weight excluding hydrogens is 388 g/mol. The first-order chi connectivity index (χ1) is 13.8. The second-order valence-corrected chi connectivity index (χ2v) is 7.03. The van der Waals surface area contributed by atoms with Gasteiger partial charge in [-0.05, 0) is 12.8 Å². The molecule has 1 saturated heterocycles. The van der Waals surface area contributed by atoms with Crippen LogP contribution in [0, 0.1) is 0 Å². The van der Waals surface area contributed by atoms with Crippen LogP contribution >= 0.6 is 0 Å². The highest BCUT2D eigenvalue weighted by atomic mass is 16.7. The third kappa shape index (κ3) is 8.93. The van der Waals surface area contributed by atoms with Crippen molar-refractivity contribution in [2.75, 3.05) is 19.8 Å². The number of hydrogen-bond donors (Lipinski definition) is 4. The summed E-state index contributed by atoms with van der Waals surface area (Å²) >= 11 is 0. The van der Waals surface area contributed by atoms with Gasteiger partial charge >= 0.3 is 11.9 Å². The summed E-state index contributed by atoms with van der Waals surface area (Å²) in [5.74, 6) is -0.895. The van der Waals surface area contributed by atoms with Crippen LogP contribution in [-0.2, 0) is 28.5 Å². The topological polar surface area (TPSA) is 152 Å². The van der Waals surface area contributed by atoms with E-state index in [9.17, 15) is 30.0 Å². The minimum atomic E-state index is -1.58. The highest BCUT2D eigenvalue weighted by Gasteiger charge is 2.44. The van der Waals surface area contributed by atoms with Gasteiger partial charge in [0, 0.05) is 12.8 Å². The first-order valence-corrected chi connectivity index (χ1v) is 10.1. The summed E-state index contributed by atoms with van der Waals surface area (Å²) in [5.41, 5.74) is 0. The lowest BCUT2D eigenvalue weighted by Crippen LogP contribution is -2.59. The first-order valence-electron chi connectivity index (χ1n) is 10.1. The molecule has 0 radical (unpaired) electrons. The van der Waals surface area contributed by atoms with Gasteiger partial charge in [0.05, 0.1) is 13.2 Å². The third-order valence-electron chi connectivity index (χ3n) is 4.49. The predicted molar refractivity (Wildman–Crippen MR) is 99.6 cm³/mol. The molecule has 0 spiro atoms. The van der Waals surface area contributed by atoms with E-state index >= 15 is 0 Å². The van der Waals surface area contributed by atoms with E-state index in [-0.39, 0.29) is 26.1 Å². The SMILES string of the molecule is CCCCC(=O)OC[C@H](CO[C@@H]1O[C@H](CO)[C@H](O)[C@H](O)[C@H]1O)OC(=O)CCCC.